The van der Waals surface area contributed by atoms with E-state index in [1.54, 1.807) is 4.68 Å². The summed E-state index contributed by atoms with van der Waals surface area (Å²) in [6, 6.07) is 6.02. The lowest BCUT2D eigenvalue weighted by molar-refractivity contribution is 0.767. The van der Waals surface area contributed by atoms with Gasteiger partial charge in [0.1, 0.15) is 5.65 Å². The van der Waals surface area contributed by atoms with Crippen molar-refractivity contribution in [3.8, 4) is 0 Å². The van der Waals surface area contributed by atoms with Crippen molar-refractivity contribution in [2.75, 3.05) is 11.9 Å². The molecule has 0 aliphatic heterocycles. The highest BCUT2D eigenvalue weighted by atomic mass is 15.3. The van der Waals surface area contributed by atoms with Crippen molar-refractivity contribution in [2.45, 2.75) is 6.54 Å². The Morgan fingerprint density at radius 2 is 2.17 bits per heavy atom. The third-order valence-corrected chi connectivity index (χ3v) is 3.02. The van der Waals surface area contributed by atoms with Gasteiger partial charge in [0.15, 0.2) is 0 Å². The normalized spacial score (nSPS) is 11.0. The molecule has 0 aliphatic carbocycles. The van der Waals surface area contributed by atoms with Gasteiger partial charge in [-0.05, 0) is 12.1 Å². The number of fused-ring (bicyclic) bond motifs is 1. The second kappa shape index (κ2) is 4.18. The van der Waals surface area contributed by atoms with Gasteiger partial charge in [0.05, 0.1) is 30.3 Å². The summed E-state index contributed by atoms with van der Waals surface area (Å²) in [6.45, 7) is 0.802. The molecule has 0 spiro atoms. The van der Waals surface area contributed by atoms with Crippen molar-refractivity contribution in [1.82, 2.24) is 19.2 Å². The molecule has 0 unspecified atom stereocenters. The molecule has 0 amide bonds. The van der Waals surface area contributed by atoms with Crippen molar-refractivity contribution in [2.24, 2.45) is 7.05 Å². The Bertz CT molecular complexity index is 667. The molecule has 0 atom stereocenters. The van der Waals surface area contributed by atoms with Crippen LogP contribution in [0.2, 0.25) is 0 Å². The molecule has 3 heterocycles. The smallest absolute Gasteiger partial charge is 0.136 e. The summed E-state index contributed by atoms with van der Waals surface area (Å²) in [4.78, 5) is 6.54. The molecule has 18 heavy (non-hydrogen) atoms. The summed E-state index contributed by atoms with van der Waals surface area (Å²) in [5.74, 6) is 0. The molecule has 3 rings (SSSR count). The first-order valence-electron chi connectivity index (χ1n) is 5.85. The minimum Gasteiger partial charge on any atom is -0.366 e. The first-order valence-corrected chi connectivity index (χ1v) is 5.85. The monoisotopic (exact) mass is 241 g/mol. The third kappa shape index (κ3) is 1.84. The van der Waals surface area contributed by atoms with E-state index in [9.17, 15) is 0 Å². The van der Waals surface area contributed by atoms with Gasteiger partial charge in [0.2, 0.25) is 0 Å². The van der Waals surface area contributed by atoms with E-state index in [-0.39, 0.29) is 0 Å². The molecule has 5 nitrogen and oxygen atoms in total. The highest BCUT2D eigenvalue weighted by Gasteiger charge is 2.07. The molecule has 3 aromatic heterocycles. The molecule has 0 fully saturated rings. The van der Waals surface area contributed by atoms with Gasteiger partial charge in [0.25, 0.3) is 0 Å². The summed E-state index contributed by atoms with van der Waals surface area (Å²) in [7, 11) is 3.98. The van der Waals surface area contributed by atoms with Crippen LogP contribution in [0.5, 0.6) is 0 Å². The molecule has 3 aromatic rings. The maximum Gasteiger partial charge on any atom is 0.136 e. The van der Waals surface area contributed by atoms with Crippen LogP contribution < -0.4 is 4.90 Å². The summed E-state index contributed by atoms with van der Waals surface area (Å²) < 4.78 is 3.91. The van der Waals surface area contributed by atoms with E-state index in [0.29, 0.717) is 0 Å². The largest absolute Gasteiger partial charge is 0.366 e. The number of nitrogens with zero attached hydrogens (tertiary/aromatic N) is 5. The van der Waals surface area contributed by atoms with Crippen LogP contribution in [0.1, 0.15) is 5.69 Å². The molecular weight excluding hydrogens is 226 g/mol. The number of imidazole rings is 1. The Morgan fingerprint density at radius 3 is 2.94 bits per heavy atom. The number of anilines is 1. The molecule has 5 heteroatoms. The van der Waals surface area contributed by atoms with E-state index in [1.165, 1.54) is 0 Å². The summed E-state index contributed by atoms with van der Waals surface area (Å²) in [5, 5.41) is 4.18. The van der Waals surface area contributed by atoms with E-state index < -0.39 is 0 Å². The van der Waals surface area contributed by atoms with Crippen LogP contribution in [-0.4, -0.2) is 26.2 Å². The molecule has 0 aliphatic rings. The zero-order chi connectivity index (χ0) is 12.5. The van der Waals surface area contributed by atoms with Gasteiger partial charge < -0.3 is 9.30 Å². The zero-order valence-corrected chi connectivity index (χ0v) is 10.5. The number of aromatic nitrogens is 4. The van der Waals surface area contributed by atoms with Gasteiger partial charge in [-0.3, -0.25) is 4.68 Å². The molecule has 0 radical (unpaired) electrons. The fraction of sp³-hybridized carbons (Fsp3) is 0.231. The van der Waals surface area contributed by atoms with Gasteiger partial charge in [-0.2, -0.15) is 5.10 Å². The van der Waals surface area contributed by atoms with Gasteiger partial charge in [0, 0.05) is 26.5 Å². The van der Waals surface area contributed by atoms with E-state index in [1.807, 2.05) is 50.0 Å². The quantitative estimate of drug-likeness (QED) is 0.700. The lowest BCUT2D eigenvalue weighted by atomic mass is 10.4. The molecule has 0 saturated heterocycles. The van der Waals surface area contributed by atoms with E-state index in [0.717, 1.165) is 23.6 Å². The van der Waals surface area contributed by atoms with Crippen LogP contribution in [0.15, 0.2) is 43.0 Å². The first kappa shape index (κ1) is 10.8. The van der Waals surface area contributed by atoms with Crippen LogP contribution in [-0.2, 0) is 13.6 Å². The minimum atomic E-state index is 0.802. The number of hydrogen-bond acceptors (Lipinski definition) is 3. The second-order valence-electron chi connectivity index (χ2n) is 4.41. The van der Waals surface area contributed by atoms with E-state index >= 15 is 0 Å². The van der Waals surface area contributed by atoms with Crippen molar-refractivity contribution >= 4 is 11.3 Å². The molecule has 0 saturated carbocycles. The Labute approximate surface area is 105 Å². The van der Waals surface area contributed by atoms with Crippen molar-refractivity contribution < 1.29 is 0 Å². The average Bonchev–Trinajstić information content (AvgIpc) is 2.97. The summed E-state index contributed by atoms with van der Waals surface area (Å²) >= 11 is 0. The zero-order valence-electron chi connectivity index (χ0n) is 10.5. The van der Waals surface area contributed by atoms with Gasteiger partial charge in [-0.25, -0.2) is 4.98 Å². The van der Waals surface area contributed by atoms with Crippen LogP contribution in [0, 0.1) is 0 Å². The SMILES string of the molecule is CN(Cc1cnc2ccccn12)c1cnn(C)c1. The van der Waals surface area contributed by atoms with E-state index in [2.05, 4.69) is 26.4 Å². The highest BCUT2D eigenvalue weighted by Crippen LogP contribution is 2.14. The van der Waals surface area contributed by atoms with Gasteiger partial charge in [-0.1, -0.05) is 6.07 Å². The highest BCUT2D eigenvalue weighted by molar-refractivity contribution is 5.44. The fourth-order valence-corrected chi connectivity index (χ4v) is 2.04. The summed E-state index contributed by atoms with van der Waals surface area (Å²) in [5.41, 5.74) is 3.24. The number of pyridine rings is 1. The molecular formula is C13H15N5. The molecule has 92 valence electrons. The Hall–Kier alpha value is -2.30. The average molecular weight is 241 g/mol. The lowest BCUT2D eigenvalue weighted by Crippen LogP contribution is -2.16. The Balaban J connectivity index is 1.88. The lowest BCUT2D eigenvalue weighted by Gasteiger charge is -2.16. The first-order chi connectivity index (χ1) is 8.74. The topological polar surface area (TPSA) is 38.4 Å². The van der Waals surface area contributed by atoms with Crippen molar-refractivity contribution in [3.63, 3.8) is 0 Å². The maximum atomic E-state index is 4.39. The van der Waals surface area contributed by atoms with Crippen molar-refractivity contribution in [3.05, 3.63) is 48.7 Å². The standard InChI is InChI=1S/C13H15N5/c1-16(11-8-15-17(2)10-11)9-12-7-14-13-5-3-4-6-18(12)13/h3-8,10H,9H2,1-2H3. The second-order valence-corrected chi connectivity index (χ2v) is 4.41. The Morgan fingerprint density at radius 1 is 1.28 bits per heavy atom. The van der Waals surface area contributed by atoms with E-state index in [4.69, 9.17) is 0 Å². The van der Waals surface area contributed by atoms with Crippen LogP contribution in [0.3, 0.4) is 0 Å². The molecule has 0 N–H and O–H groups in total. The van der Waals surface area contributed by atoms with Crippen LogP contribution in [0.25, 0.3) is 5.65 Å². The third-order valence-electron chi connectivity index (χ3n) is 3.02. The van der Waals surface area contributed by atoms with Gasteiger partial charge in [-0.15, -0.1) is 0 Å². The number of rotatable bonds is 3. The molecule has 0 bridgehead atoms. The van der Waals surface area contributed by atoms with Gasteiger partial charge >= 0.3 is 0 Å². The van der Waals surface area contributed by atoms with Crippen LogP contribution >= 0.6 is 0 Å². The predicted molar refractivity (Wildman–Crippen MR) is 70.5 cm³/mol. The van der Waals surface area contributed by atoms with Crippen molar-refractivity contribution in [1.29, 1.82) is 0 Å². The molecule has 0 aromatic carbocycles. The summed E-state index contributed by atoms with van der Waals surface area (Å²) in [6.07, 6.45) is 7.82. The van der Waals surface area contributed by atoms with Crippen LogP contribution in [0.4, 0.5) is 5.69 Å². The number of aryl methyl sites for hydroxylation is 1. The predicted octanol–water partition coefficient (Wildman–Crippen LogP) is 1.70. The maximum absolute atomic E-state index is 4.39. The fourth-order valence-electron chi connectivity index (χ4n) is 2.04. The number of hydrogen-bond donors (Lipinski definition) is 0. The Kier molecular flexibility index (Phi) is 2.51. The minimum absolute atomic E-state index is 0.802.